The van der Waals surface area contributed by atoms with Crippen molar-refractivity contribution in [2.45, 2.75) is 32.2 Å². The molecule has 0 amide bonds. The van der Waals surface area contributed by atoms with E-state index in [1.54, 1.807) is 20.0 Å². The smallest absolute Gasteiger partial charge is 0.246 e. The van der Waals surface area contributed by atoms with Crippen molar-refractivity contribution in [3.8, 4) is 0 Å². The SMILES string of the molecule is Cc1cnc(CNS(=O)(=O)c2c(C)noc2C)cn1. The first kappa shape index (κ1) is 13.6. The third kappa shape index (κ3) is 2.96. The molecule has 0 bridgehead atoms. The highest BCUT2D eigenvalue weighted by Crippen LogP contribution is 2.18. The maximum absolute atomic E-state index is 12.1. The van der Waals surface area contributed by atoms with E-state index in [0.717, 1.165) is 5.69 Å². The Labute approximate surface area is 111 Å². The van der Waals surface area contributed by atoms with Crippen molar-refractivity contribution in [2.24, 2.45) is 0 Å². The largest absolute Gasteiger partial charge is 0.360 e. The van der Waals surface area contributed by atoms with Gasteiger partial charge in [0.25, 0.3) is 0 Å². The molecule has 8 heteroatoms. The number of aromatic nitrogens is 3. The van der Waals surface area contributed by atoms with Crippen molar-refractivity contribution >= 4 is 10.0 Å². The van der Waals surface area contributed by atoms with Gasteiger partial charge in [-0.15, -0.1) is 0 Å². The van der Waals surface area contributed by atoms with Crippen LogP contribution in [-0.4, -0.2) is 23.5 Å². The highest BCUT2D eigenvalue weighted by molar-refractivity contribution is 7.89. The molecule has 102 valence electrons. The Morgan fingerprint density at radius 2 is 1.95 bits per heavy atom. The molecule has 0 fully saturated rings. The fourth-order valence-corrected chi connectivity index (χ4v) is 2.93. The lowest BCUT2D eigenvalue weighted by atomic mass is 10.4. The Balaban J connectivity index is 2.17. The van der Waals surface area contributed by atoms with Gasteiger partial charge in [0.1, 0.15) is 10.6 Å². The van der Waals surface area contributed by atoms with Crippen LogP contribution in [-0.2, 0) is 16.6 Å². The second-order valence-corrected chi connectivity index (χ2v) is 5.83. The third-order valence-corrected chi connectivity index (χ3v) is 4.16. The van der Waals surface area contributed by atoms with Crippen LogP contribution < -0.4 is 4.72 Å². The average molecular weight is 282 g/mol. The normalized spacial score (nSPS) is 11.7. The molecule has 0 spiro atoms. The van der Waals surface area contributed by atoms with Gasteiger partial charge in [-0.2, -0.15) is 0 Å². The van der Waals surface area contributed by atoms with E-state index < -0.39 is 10.0 Å². The van der Waals surface area contributed by atoms with Crippen LogP contribution in [0.5, 0.6) is 0 Å². The standard InChI is InChI=1S/C11H14N4O3S/c1-7-4-13-10(5-12-7)6-14-19(16,17)11-8(2)15-18-9(11)3/h4-5,14H,6H2,1-3H3. The van der Waals surface area contributed by atoms with Gasteiger partial charge in [0, 0.05) is 6.20 Å². The molecule has 2 rings (SSSR count). The number of hydrogen-bond acceptors (Lipinski definition) is 6. The lowest BCUT2D eigenvalue weighted by Crippen LogP contribution is -2.24. The first-order valence-corrected chi connectivity index (χ1v) is 7.08. The van der Waals surface area contributed by atoms with Crippen LogP contribution in [0.4, 0.5) is 0 Å². The van der Waals surface area contributed by atoms with Gasteiger partial charge in [0.05, 0.1) is 24.1 Å². The zero-order chi connectivity index (χ0) is 14.0. The quantitative estimate of drug-likeness (QED) is 0.893. The molecule has 0 saturated heterocycles. The molecule has 0 unspecified atom stereocenters. The van der Waals surface area contributed by atoms with Crippen LogP contribution >= 0.6 is 0 Å². The first-order valence-electron chi connectivity index (χ1n) is 5.60. The van der Waals surface area contributed by atoms with Crippen molar-refractivity contribution in [1.82, 2.24) is 19.8 Å². The minimum Gasteiger partial charge on any atom is -0.360 e. The lowest BCUT2D eigenvalue weighted by molar-refractivity contribution is 0.390. The zero-order valence-corrected chi connectivity index (χ0v) is 11.7. The zero-order valence-electron chi connectivity index (χ0n) is 10.8. The summed E-state index contributed by atoms with van der Waals surface area (Å²) in [5, 5.41) is 3.63. The number of nitrogens with zero attached hydrogens (tertiary/aromatic N) is 3. The van der Waals surface area contributed by atoms with Gasteiger partial charge in [-0.05, 0) is 20.8 Å². The molecule has 0 atom stereocenters. The van der Waals surface area contributed by atoms with Crippen LogP contribution in [0.25, 0.3) is 0 Å². The van der Waals surface area contributed by atoms with Crippen LogP contribution in [0, 0.1) is 20.8 Å². The van der Waals surface area contributed by atoms with Gasteiger partial charge in [-0.25, -0.2) is 13.1 Å². The van der Waals surface area contributed by atoms with Crippen molar-refractivity contribution in [3.05, 3.63) is 35.2 Å². The maximum Gasteiger partial charge on any atom is 0.246 e. The Hall–Kier alpha value is -1.80. The van der Waals surface area contributed by atoms with Gasteiger partial charge in [0.15, 0.2) is 5.76 Å². The summed E-state index contributed by atoms with van der Waals surface area (Å²) in [6.45, 7) is 5.02. The molecular weight excluding hydrogens is 268 g/mol. The summed E-state index contributed by atoms with van der Waals surface area (Å²) in [7, 11) is -3.66. The molecule has 0 aliphatic rings. The highest BCUT2D eigenvalue weighted by atomic mass is 32.2. The van der Waals surface area contributed by atoms with Gasteiger partial charge in [0.2, 0.25) is 10.0 Å². The van der Waals surface area contributed by atoms with Gasteiger partial charge >= 0.3 is 0 Å². The summed E-state index contributed by atoms with van der Waals surface area (Å²) >= 11 is 0. The fourth-order valence-electron chi connectivity index (χ4n) is 1.61. The van der Waals surface area contributed by atoms with E-state index in [4.69, 9.17) is 4.52 Å². The van der Waals surface area contributed by atoms with E-state index in [-0.39, 0.29) is 17.2 Å². The first-order chi connectivity index (χ1) is 8.90. The van der Waals surface area contributed by atoms with E-state index in [2.05, 4.69) is 19.8 Å². The fraction of sp³-hybridized carbons (Fsp3) is 0.364. The molecule has 0 aromatic carbocycles. The third-order valence-electron chi connectivity index (χ3n) is 2.51. The monoisotopic (exact) mass is 282 g/mol. The second-order valence-electron chi connectivity index (χ2n) is 4.13. The lowest BCUT2D eigenvalue weighted by Gasteiger charge is -2.05. The van der Waals surface area contributed by atoms with Crippen molar-refractivity contribution < 1.29 is 12.9 Å². The van der Waals surface area contributed by atoms with Crippen LogP contribution in [0.15, 0.2) is 21.8 Å². The molecule has 19 heavy (non-hydrogen) atoms. The molecule has 0 aliphatic carbocycles. The van der Waals surface area contributed by atoms with Crippen molar-refractivity contribution in [1.29, 1.82) is 0 Å². The van der Waals surface area contributed by atoms with E-state index in [9.17, 15) is 8.42 Å². The Kier molecular flexibility index (Phi) is 3.63. The summed E-state index contributed by atoms with van der Waals surface area (Å²) in [5.74, 6) is 0.264. The summed E-state index contributed by atoms with van der Waals surface area (Å²) in [6.07, 6.45) is 3.12. The Morgan fingerprint density at radius 1 is 1.21 bits per heavy atom. The molecular formula is C11H14N4O3S. The van der Waals surface area contributed by atoms with Gasteiger partial charge in [-0.1, -0.05) is 5.16 Å². The Bertz CT molecular complexity index is 657. The minimum atomic E-state index is -3.66. The molecule has 0 aliphatic heterocycles. The minimum absolute atomic E-state index is 0.0691. The van der Waals surface area contributed by atoms with Gasteiger partial charge < -0.3 is 4.52 Å². The van der Waals surface area contributed by atoms with Crippen LogP contribution in [0.1, 0.15) is 22.8 Å². The summed E-state index contributed by atoms with van der Waals surface area (Å²) < 4.78 is 31.5. The number of hydrogen-bond donors (Lipinski definition) is 1. The van der Waals surface area contributed by atoms with Crippen LogP contribution in [0.3, 0.4) is 0 Å². The van der Waals surface area contributed by atoms with E-state index in [1.807, 2.05) is 6.92 Å². The van der Waals surface area contributed by atoms with E-state index >= 15 is 0 Å². The maximum atomic E-state index is 12.1. The van der Waals surface area contributed by atoms with Crippen molar-refractivity contribution in [3.63, 3.8) is 0 Å². The summed E-state index contributed by atoms with van der Waals surface area (Å²) in [5.41, 5.74) is 1.65. The number of nitrogens with one attached hydrogen (secondary N) is 1. The van der Waals surface area contributed by atoms with Gasteiger partial charge in [-0.3, -0.25) is 9.97 Å². The summed E-state index contributed by atoms with van der Waals surface area (Å²) in [6, 6.07) is 0. The van der Waals surface area contributed by atoms with Crippen molar-refractivity contribution in [2.75, 3.05) is 0 Å². The molecule has 2 aromatic rings. The predicted molar refractivity (Wildman–Crippen MR) is 66.8 cm³/mol. The summed E-state index contributed by atoms with van der Waals surface area (Å²) in [4.78, 5) is 8.20. The second kappa shape index (κ2) is 5.06. The Morgan fingerprint density at radius 3 is 2.47 bits per heavy atom. The molecule has 1 N–H and O–H groups in total. The number of aryl methyl sites for hydroxylation is 3. The highest BCUT2D eigenvalue weighted by Gasteiger charge is 2.23. The van der Waals surface area contributed by atoms with Crippen LogP contribution in [0.2, 0.25) is 0 Å². The number of rotatable bonds is 4. The van der Waals surface area contributed by atoms with E-state index in [1.165, 1.54) is 6.20 Å². The molecule has 0 radical (unpaired) electrons. The van der Waals surface area contributed by atoms with E-state index in [0.29, 0.717) is 11.4 Å². The molecule has 2 aromatic heterocycles. The predicted octanol–water partition coefficient (Wildman–Crippen LogP) is 0.868. The molecule has 0 saturated carbocycles. The topological polar surface area (TPSA) is 98.0 Å². The molecule has 2 heterocycles. The average Bonchev–Trinajstić information content (AvgIpc) is 2.69. The molecule has 7 nitrogen and oxygen atoms in total. The number of sulfonamides is 1.